The van der Waals surface area contributed by atoms with Gasteiger partial charge in [-0.15, -0.1) is 0 Å². The number of carbonyl (C=O) groups excluding carboxylic acids is 1. The van der Waals surface area contributed by atoms with Crippen LogP contribution < -0.4 is 0 Å². The van der Waals surface area contributed by atoms with E-state index >= 15 is 4.39 Å². The van der Waals surface area contributed by atoms with E-state index in [1.807, 2.05) is 25.7 Å². The topological polar surface area (TPSA) is 76.8 Å². The smallest absolute Gasteiger partial charge is 0.449 e. The number of hydrogen-bond donors (Lipinski definition) is 0. The highest BCUT2D eigenvalue weighted by Crippen LogP contribution is 2.32. The zero-order valence-corrected chi connectivity index (χ0v) is 26.5. The van der Waals surface area contributed by atoms with Crippen molar-refractivity contribution in [3.05, 3.63) is 111 Å². The number of rotatable bonds is 11. The Morgan fingerprint density at radius 1 is 0.867 bits per heavy atom. The number of alkyl halides is 3. The first-order chi connectivity index (χ1) is 21.1. The lowest BCUT2D eigenvalue weighted by Crippen LogP contribution is -2.23. The average molecular weight is 646 g/mol. The van der Waals surface area contributed by atoms with Gasteiger partial charge in [0.25, 0.3) is 0 Å². The molecule has 0 fully saturated rings. The summed E-state index contributed by atoms with van der Waals surface area (Å²) >= 11 is 0. The summed E-state index contributed by atoms with van der Waals surface area (Å²) in [6.45, 7) is 8.56. The fourth-order valence-electron chi connectivity index (χ4n) is 5.44. The number of benzene rings is 3. The van der Waals surface area contributed by atoms with Crippen LogP contribution in [0.25, 0.3) is 11.1 Å². The van der Waals surface area contributed by atoms with Crippen LogP contribution in [0.15, 0.2) is 70.0 Å². The molecule has 4 aromatic rings. The quantitative estimate of drug-likeness (QED) is 0.123. The maximum Gasteiger partial charge on any atom is 0.449 e. The van der Waals surface area contributed by atoms with Crippen molar-refractivity contribution in [1.82, 2.24) is 4.90 Å². The van der Waals surface area contributed by atoms with E-state index in [4.69, 9.17) is 4.42 Å². The minimum absolute atomic E-state index is 0.0109. The molecular formula is C34H35F4NO5S. The van der Waals surface area contributed by atoms with E-state index in [0.29, 0.717) is 24.2 Å². The molecule has 0 amide bonds. The summed E-state index contributed by atoms with van der Waals surface area (Å²) in [5, 5.41) is 0. The third-order valence-electron chi connectivity index (χ3n) is 7.61. The standard InChI is InChI=1S/C34H35F4NO5S/c1-6-28-30(35)15-26(16-31(28)45(41,42)20-33(40)43-5)25-9-7-24(8-10-25)17-39(18-27-11-12-32(44-27)34(36,37)38)19-29-22(3)13-21(2)14-23(29)4/h7-16H,6,17-20H2,1-5H3. The highest BCUT2D eigenvalue weighted by atomic mass is 32.2. The minimum Gasteiger partial charge on any atom is -0.468 e. The van der Waals surface area contributed by atoms with Gasteiger partial charge in [0.2, 0.25) is 5.76 Å². The molecular weight excluding hydrogens is 610 g/mol. The molecule has 0 spiro atoms. The van der Waals surface area contributed by atoms with Crippen LogP contribution >= 0.6 is 0 Å². The largest absolute Gasteiger partial charge is 0.468 e. The van der Waals surface area contributed by atoms with Crippen LogP contribution in [0.4, 0.5) is 17.6 Å². The minimum atomic E-state index is -4.59. The van der Waals surface area contributed by atoms with Gasteiger partial charge in [0.1, 0.15) is 11.6 Å². The number of nitrogens with zero attached hydrogens (tertiary/aromatic N) is 1. The Bertz CT molecular complexity index is 1770. The van der Waals surface area contributed by atoms with Crippen molar-refractivity contribution in [2.24, 2.45) is 0 Å². The molecule has 0 aliphatic rings. The van der Waals surface area contributed by atoms with Gasteiger partial charge in [0.05, 0.1) is 18.6 Å². The molecule has 0 unspecified atom stereocenters. The van der Waals surface area contributed by atoms with Crippen LogP contribution in [0.5, 0.6) is 0 Å². The Balaban J connectivity index is 1.65. The second-order valence-electron chi connectivity index (χ2n) is 11.1. The first-order valence-electron chi connectivity index (χ1n) is 14.3. The van der Waals surface area contributed by atoms with Crippen molar-refractivity contribution >= 4 is 15.8 Å². The molecule has 1 aromatic heterocycles. The number of methoxy groups -OCH3 is 1. The monoisotopic (exact) mass is 645 g/mol. The normalized spacial score (nSPS) is 12.1. The van der Waals surface area contributed by atoms with Gasteiger partial charge in [-0.05, 0) is 84.8 Å². The lowest BCUT2D eigenvalue weighted by atomic mass is 9.98. The summed E-state index contributed by atoms with van der Waals surface area (Å²) in [6, 6.07) is 16.0. The summed E-state index contributed by atoms with van der Waals surface area (Å²) in [6.07, 6.45) is -4.48. The second kappa shape index (κ2) is 13.6. The number of esters is 1. The molecule has 240 valence electrons. The van der Waals surface area contributed by atoms with E-state index in [1.165, 1.54) is 18.2 Å². The molecule has 3 aromatic carbocycles. The van der Waals surface area contributed by atoms with E-state index in [9.17, 15) is 26.4 Å². The zero-order valence-electron chi connectivity index (χ0n) is 25.7. The first kappa shape index (κ1) is 33.9. The van der Waals surface area contributed by atoms with Crippen molar-refractivity contribution in [2.75, 3.05) is 12.9 Å². The Morgan fingerprint density at radius 3 is 2.07 bits per heavy atom. The summed E-state index contributed by atoms with van der Waals surface area (Å²) in [7, 11) is -3.09. The van der Waals surface area contributed by atoms with Gasteiger partial charge >= 0.3 is 12.1 Å². The average Bonchev–Trinajstić information content (AvgIpc) is 3.44. The van der Waals surface area contributed by atoms with Crippen LogP contribution in [0.2, 0.25) is 0 Å². The van der Waals surface area contributed by atoms with Crippen molar-refractivity contribution in [1.29, 1.82) is 0 Å². The third kappa shape index (κ3) is 8.20. The van der Waals surface area contributed by atoms with Crippen molar-refractivity contribution < 1.29 is 39.9 Å². The number of furan rings is 1. The molecule has 0 bridgehead atoms. The molecule has 6 nitrogen and oxygen atoms in total. The van der Waals surface area contributed by atoms with Gasteiger partial charge in [0, 0.05) is 18.7 Å². The van der Waals surface area contributed by atoms with E-state index in [1.54, 1.807) is 31.2 Å². The van der Waals surface area contributed by atoms with Crippen LogP contribution in [-0.4, -0.2) is 32.1 Å². The van der Waals surface area contributed by atoms with Crippen LogP contribution in [0.3, 0.4) is 0 Å². The fourth-order valence-corrected chi connectivity index (χ4v) is 6.94. The van der Waals surface area contributed by atoms with Crippen molar-refractivity contribution in [3.63, 3.8) is 0 Å². The maximum absolute atomic E-state index is 15.1. The third-order valence-corrected chi connectivity index (χ3v) is 9.26. The molecule has 45 heavy (non-hydrogen) atoms. The molecule has 0 saturated heterocycles. The van der Waals surface area contributed by atoms with Crippen LogP contribution in [0, 0.1) is 26.6 Å². The van der Waals surface area contributed by atoms with Crippen LogP contribution in [-0.2, 0) is 51.6 Å². The number of ether oxygens (including phenoxy) is 1. The first-order valence-corrected chi connectivity index (χ1v) is 15.9. The summed E-state index contributed by atoms with van der Waals surface area (Å²) in [5.41, 5.74) is 5.99. The molecule has 1 heterocycles. The van der Waals surface area contributed by atoms with Gasteiger partial charge in [-0.25, -0.2) is 12.8 Å². The summed E-state index contributed by atoms with van der Waals surface area (Å²) < 4.78 is 90.3. The molecule has 11 heteroatoms. The Morgan fingerprint density at radius 2 is 1.51 bits per heavy atom. The van der Waals surface area contributed by atoms with E-state index < -0.39 is 39.3 Å². The van der Waals surface area contributed by atoms with E-state index in [-0.39, 0.29) is 29.2 Å². The lowest BCUT2D eigenvalue weighted by molar-refractivity contribution is -0.153. The number of halogens is 4. The molecule has 0 N–H and O–H groups in total. The highest BCUT2D eigenvalue weighted by Gasteiger charge is 2.35. The molecule has 0 radical (unpaired) electrons. The number of aryl methyl sites for hydroxylation is 3. The lowest BCUT2D eigenvalue weighted by Gasteiger charge is -2.24. The summed E-state index contributed by atoms with van der Waals surface area (Å²) in [5.74, 6) is -3.44. The maximum atomic E-state index is 15.1. The van der Waals surface area contributed by atoms with Gasteiger partial charge in [-0.3, -0.25) is 9.69 Å². The molecule has 0 aliphatic heterocycles. The van der Waals surface area contributed by atoms with Crippen molar-refractivity contribution in [3.8, 4) is 11.1 Å². The number of carbonyl (C=O) groups is 1. The second-order valence-corrected chi connectivity index (χ2v) is 13.1. The van der Waals surface area contributed by atoms with Gasteiger partial charge < -0.3 is 9.15 Å². The Labute approximate surface area is 260 Å². The molecule has 4 rings (SSSR count). The Hall–Kier alpha value is -3.96. The van der Waals surface area contributed by atoms with E-state index in [0.717, 1.165) is 41.0 Å². The van der Waals surface area contributed by atoms with Gasteiger partial charge in [-0.2, -0.15) is 13.2 Å². The molecule has 0 saturated carbocycles. The summed E-state index contributed by atoms with van der Waals surface area (Å²) in [4.78, 5) is 13.5. The highest BCUT2D eigenvalue weighted by molar-refractivity contribution is 7.92. The van der Waals surface area contributed by atoms with Crippen LogP contribution in [0.1, 0.15) is 51.8 Å². The molecule has 0 aliphatic carbocycles. The van der Waals surface area contributed by atoms with Gasteiger partial charge in [-0.1, -0.05) is 48.9 Å². The fraction of sp³-hybridized carbons (Fsp3) is 0.324. The Kier molecular flexibility index (Phi) is 10.2. The SMILES string of the molecule is CCc1c(F)cc(-c2ccc(CN(Cc3ccc(C(F)(F)F)o3)Cc3c(C)cc(C)cc3C)cc2)cc1S(=O)(=O)CC(=O)OC. The molecule has 0 atom stereocenters. The predicted octanol–water partition coefficient (Wildman–Crippen LogP) is 7.74. The van der Waals surface area contributed by atoms with Gasteiger partial charge in [0.15, 0.2) is 15.6 Å². The van der Waals surface area contributed by atoms with Crippen molar-refractivity contribution in [2.45, 2.75) is 64.8 Å². The zero-order chi connectivity index (χ0) is 33.1. The number of sulfone groups is 1. The predicted molar refractivity (Wildman–Crippen MR) is 163 cm³/mol. The van der Waals surface area contributed by atoms with E-state index in [2.05, 4.69) is 16.9 Å². The number of hydrogen-bond acceptors (Lipinski definition) is 6.